The van der Waals surface area contributed by atoms with E-state index in [0.29, 0.717) is 12.0 Å². The van der Waals surface area contributed by atoms with Gasteiger partial charge in [0.1, 0.15) is 0 Å². The number of rotatable bonds is 2. The van der Waals surface area contributed by atoms with Gasteiger partial charge < -0.3 is 10.2 Å². The summed E-state index contributed by atoms with van der Waals surface area (Å²) in [5.74, 6) is 0.818. The molecule has 0 bridgehead atoms. The van der Waals surface area contributed by atoms with Gasteiger partial charge in [0.2, 0.25) is 0 Å². The van der Waals surface area contributed by atoms with Gasteiger partial charge in [0.25, 0.3) is 5.91 Å². The lowest BCUT2D eigenvalue weighted by Gasteiger charge is -2.41. The highest BCUT2D eigenvalue weighted by Crippen LogP contribution is 2.27. The molecule has 2 saturated heterocycles. The maximum atomic E-state index is 12.8. The van der Waals surface area contributed by atoms with Gasteiger partial charge >= 0.3 is 0 Å². The molecular formula is C19H23ClN2OS. The van der Waals surface area contributed by atoms with Gasteiger partial charge in [-0.15, -0.1) is 23.7 Å². The van der Waals surface area contributed by atoms with Crippen LogP contribution in [-0.4, -0.2) is 36.5 Å². The van der Waals surface area contributed by atoms with Gasteiger partial charge in [-0.25, -0.2) is 0 Å². The van der Waals surface area contributed by atoms with Crippen LogP contribution in [0.3, 0.4) is 0 Å². The van der Waals surface area contributed by atoms with Crippen molar-refractivity contribution in [3.8, 4) is 10.4 Å². The van der Waals surface area contributed by atoms with Gasteiger partial charge in [-0.05, 0) is 60.9 Å². The number of piperidine rings is 2. The summed E-state index contributed by atoms with van der Waals surface area (Å²) >= 11 is 1.73. The Balaban J connectivity index is 0.00000169. The molecule has 3 nitrogen and oxygen atoms in total. The first-order chi connectivity index (χ1) is 11.3. The number of hydrogen-bond acceptors (Lipinski definition) is 3. The Morgan fingerprint density at radius 2 is 2.00 bits per heavy atom. The number of fused-ring (bicyclic) bond motifs is 1. The zero-order valence-corrected chi connectivity index (χ0v) is 15.2. The van der Waals surface area contributed by atoms with E-state index in [1.54, 1.807) is 11.3 Å². The number of benzene rings is 1. The summed E-state index contributed by atoms with van der Waals surface area (Å²) in [5, 5.41) is 5.69. The van der Waals surface area contributed by atoms with Gasteiger partial charge in [0.15, 0.2) is 0 Å². The van der Waals surface area contributed by atoms with Crippen LogP contribution >= 0.6 is 23.7 Å². The Kier molecular flexibility index (Phi) is 5.59. The van der Waals surface area contributed by atoms with E-state index in [1.807, 2.05) is 17.0 Å². The Labute approximate surface area is 153 Å². The van der Waals surface area contributed by atoms with Gasteiger partial charge in [0, 0.05) is 29.6 Å². The molecule has 0 saturated carbocycles. The summed E-state index contributed by atoms with van der Waals surface area (Å²) in [5.41, 5.74) is 2.00. The predicted molar refractivity (Wildman–Crippen MR) is 102 cm³/mol. The van der Waals surface area contributed by atoms with Crippen LogP contribution in [0.2, 0.25) is 0 Å². The van der Waals surface area contributed by atoms with Crippen LogP contribution in [0.4, 0.5) is 0 Å². The number of carbonyl (C=O) groups is 1. The van der Waals surface area contributed by atoms with E-state index in [1.165, 1.54) is 23.3 Å². The van der Waals surface area contributed by atoms with Gasteiger partial charge in [-0.2, -0.15) is 0 Å². The van der Waals surface area contributed by atoms with Crippen molar-refractivity contribution in [1.29, 1.82) is 0 Å². The van der Waals surface area contributed by atoms with E-state index in [4.69, 9.17) is 0 Å². The molecule has 2 aliphatic rings. The lowest BCUT2D eigenvalue weighted by Crippen LogP contribution is -2.53. The molecule has 1 N–H and O–H groups in total. The molecule has 3 heterocycles. The maximum absolute atomic E-state index is 12.8. The maximum Gasteiger partial charge on any atom is 0.253 e. The smallest absolute Gasteiger partial charge is 0.253 e. The molecule has 24 heavy (non-hydrogen) atoms. The van der Waals surface area contributed by atoms with Gasteiger partial charge in [-0.3, -0.25) is 4.79 Å². The van der Waals surface area contributed by atoms with E-state index in [9.17, 15) is 4.79 Å². The van der Waals surface area contributed by atoms with Crippen molar-refractivity contribution in [2.75, 3.05) is 19.6 Å². The molecule has 0 unspecified atom stereocenters. The highest BCUT2D eigenvalue weighted by atomic mass is 35.5. The fraction of sp³-hybridized carbons (Fsp3) is 0.421. The molecule has 1 aromatic heterocycles. The number of hydrogen-bond donors (Lipinski definition) is 1. The van der Waals surface area contributed by atoms with Crippen LogP contribution in [0, 0.1) is 5.92 Å². The molecule has 0 spiro atoms. The van der Waals surface area contributed by atoms with Crippen LogP contribution in [0.15, 0.2) is 41.8 Å². The third-order valence-electron chi connectivity index (χ3n) is 5.12. The molecule has 4 rings (SSSR count). The van der Waals surface area contributed by atoms with Crippen molar-refractivity contribution in [1.82, 2.24) is 10.2 Å². The molecular weight excluding hydrogens is 340 g/mol. The number of nitrogens with zero attached hydrogens (tertiary/aromatic N) is 1. The molecule has 0 radical (unpaired) electrons. The summed E-state index contributed by atoms with van der Waals surface area (Å²) in [6, 6.07) is 12.9. The molecule has 1 aromatic carbocycles. The first kappa shape index (κ1) is 17.5. The zero-order chi connectivity index (χ0) is 15.6. The fourth-order valence-electron chi connectivity index (χ4n) is 3.83. The third kappa shape index (κ3) is 3.51. The van der Waals surface area contributed by atoms with Crippen molar-refractivity contribution >= 4 is 29.7 Å². The SMILES string of the molecule is Cl.O=C(c1ccc(-c2cccs2)cc1)N1CC[C@@H]2NCCC[C@@H]2C1. The largest absolute Gasteiger partial charge is 0.338 e. The van der Waals surface area contributed by atoms with Crippen molar-refractivity contribution in [3.63, 3.8) is 0 Å². The molecule has 2 atom stereocenters. The topological polar surface area (TPSA) is 32.3 Å². The minimum atomic E-state index is 0. The molecule has 2 aromatic rings. The Morgan fingerprint density at radius 3 is 2.75 bits per heavy atom. The highest BCUT2D eigenvalue weighted by molar-refractivity contribution is 7.13. The van der Waals surface area contributed by atoms with E-state index < -0.39 is 0 Å². The number of amides is 1. The summed E-state index contributed by atoms with van der Waals surface area (Å²) in [4.78, 5) is 16.1. The standard InChI is InChI=1S/C19H22N2OS.ClH/c22-19(21-11-9-17-16(13-21)3-1-10-20-17)15-7-5-14(6-8-15)18-4-2-12-23-18;/h2,4-8,12,16-17,20H,1,3,9-11,13H2;1H/t16-,17+;/m1./s1. The Bertz CT molecular complexity index is 671. The van der Waals surface area contributed by atoms with Crippen LogP contribution in [0.25, 0.3) is 10.4 Å². The molecule has 5 heteroatoms. The first-order valence-corrected chi connectivity index (χ1v) is 9.36. The number of halogens is 1. The van der Waals surface area contributed by atoms with Crippen LogP contribution in [0.5, 0.6) is 0 Å². The molecule has 2 aliphatic heterocycles. The summed E-state index contributed by atoms with van der Waals surface area (Å²) < 4.78 is 0. The van der Waals surface area contributed by atoms with E-state index in [-0.39, 0.29) is 18.3 Å². The van der Waals surface area contributed by atoms with E-state index in [0.717, 1.165) is 31.6 Å². The predicted octanol–water partition coefficient (Wildman–Crippen LogP) is 4.05. The van der Waals surface area contributed by atoms with Crippen LogP contribution in [0.1, 0.15) is 29.6 Å². The average Bonchev–Trinajstić information content (AvgIpc) is 3.15. The second-order valence-electron chi connectivity index (χ2n) is 6.56. The Hall–Kier alpha value is -1.36. The minimum absolute atomic E-state index is 0. The highest BCUT2D eigenvalue weighted by Gasteiger charge is 2.33. The van der Waals surface area contributed by atoms with E-state index in [2.05, 4.69) is 35.0 Å². The van der Waals surface area contributed by atoms with Crippen LogP contribution < -0.4 is 5.32 Å². The number of likely N-dealkylation sites (tertiary alicyclic amines) is 1. The third-order valence-corrected chi connectivity index (χ3v) is 6.04. The lowest BCUT2D eigenvalue weighted by molar-refractivity contribution is 0.0593. The van der Waals surface area contributed by atoms with Gasteiger partial charge in [0.05, 0.1) is 0 Å². The molecule has 0 aliphatic carbocycles. The number of carbonyl (C=O) groups excluding carboxylic acids is 1. The summed E-state index contributed by atoms with van der Waals surface area (Å²) in [6.07, 6.45) is 3.57. The normalized spacial score (nSPS) is 23.2. The summed E-state index contributed by atoms with van der Waals surface area (Å²) in [6.45, 7) is 2.92. The van der Waals surface area contributed by atoms with Gasteiger partial charge in [-0.1, -0.05) is 18.2 Å². The fourth-order valence-corrected chi connectivity index (χ4v) is 4.57. The molecule has 128 valence electrons. The Morgan fingerprint density at radius 1 is 1.17 bits per heavy atom. The molecule has 1 amide bonds. The summed E-state index contributed by atoms with van der Waals surface area (Å²) in [7, 11) is 0. The number of thiophene rings is 1. The minimum Gasteiger partial charge on any atom is -0.338 e. The monoisotopic (exact) mass is 362 g/mol. The van der Waals surface area contributed by atoms with Crippen molar-refractivity contribution in [2.45, 2.75) is 25.3 Å². The lowest BCUT2D eigenvalue weighted by atomic mass is 9.85. The van der Waals surface area contributed by atoms with Crippen molar-refractivity contribution in [2.24, 2.45) is 5.92 Å². The van der Waals surface area contributed by atoms with E-state index >= 15 is 0 Å². The number of nitrogens with one attached hydrogen (secondary N) is 1. The zero-order valence-electron chi connectivity index (χ0n) is 13.6. The quantitative estimate of drug-likeness (QED) is 0.874. The average molecular weight is 363 g/mol. The van der Waals surface area contributed by atoms with Crippen molar-refractivity contribution < 1.29 is 4.79 Å². The van der Waals surface area contributed by atoms with Crippen LogP contribution in [-0.2, 0) is 0 Å². The second kappa shape index (κ2) is 7.68. The molecule has 2 fully saturated rings. The van der Waals surface area contributed by atoms with Crippen molar-refractivity contribution in [3.05, 3.63) is 47.3 Å². The second-order valence-corrected chi connectivity index (χ2v) is 7.51. The first-order valence-electron chi connectivity index (χ1n) is 8.48.